The summed E-state index contributed by atoms with van der Waals surface area (Å²) in [6.07, 6.45) is 1.26. The van der Waals surface area contributed by atoms with Crippen LogP contribution < -0.4 is 16.4 Å². The molecule has 0 saturated carbocycles. The molecule has 0 aliphatic heterocycles. The van der Waals surface area contributed by atoms with Crippen molar-refractivity contribution in [1.82, 2.24) is 10.6 Å². The number of hydrogen-bond acceptors (Lipinski definition) is 10. The van der Waals surface area contributed by atoms with E-state index in [1.54, 1.807) is 51.1 Å². The molecule has 0 aliphatic rings. The molecular formula is C22H32N4O6S2. The van der Waals surface area contributed by atoms with Gasteiger partial charge >= 0.3 is 18.2 Å². The zero-order valence-electron chi connectivity index (χ0n) is 19.8. The third-order valence-electron chi connectivity index (χ3n) is 4.09. The first-order valence-corrected chi connectivity index (χ1v) is 13.1. The van der Waals surface area contributed by atoms with Gasteiger partial charge in [0.2, 0.25) is 0 Å². The van der Waals surface area contributed by atoms with Crippen LogP contribution in [0.5, 0.6) is 0 Å². The van der Waals surface area contributed by atoms with E-state index in [4.69, 9.17) is 25.2 Å². The van der Waals surface area contributed by atoms with Gasteiger partial charge in [-0.25, -0.2) is 14.4 Å². The quantitative estimate of drug-likeness (QED) is 0.164. The molecule has 2 amide bonds. The second-order valence-corrected chi connectivity index (χ2v) is 10.9. The van der Waals surface area contributed by atoms with Crippen molar-refractivity contribution < 1.29 is 28.6 Å². The standard InChI is InChI=1S/C22H32N4O6S2/c1-22(2,3)32-21(29)26-18(19(27)30-12-11-23)10-9-17(34-33-4)13-25-20(28)31-14-15-5-7-16(24)8-6-15/h5-8,17-18H,9-10,12-14,24H2,1-4H3,(H,25,28)(H,26,29)/t17-,18?/m0/s1. The molecule has 0 spiro atoms. The lowest BCUT2D eigenvalue weighted by Gasteiger charge is -2.24. The predicted octanol–water partition coefficient (Wildman–Crippen LogP) is 3.62. The Labute approximate surface area is 208 Å². The lowest BCUT2D eigenvalue weighted by atomic mass is 10.1. The number of nitriles is 1. The fourth-order valence-corrected chi connectivity index (χ4v) is 4.55. The number of alkyl carbamates (subject to hydrolysis) is 2. The largest absolute Gasteiger partial charge is 0.449 e. The fourth-order valence-electron chi connectivity index (χ4n) is 2.59. The smallest absolute Gasteiger partial charge is 0.408 e. The molecule has 1 aromatic rings. The number of amides is 2. The average molecular weight is 513 g/mol. The van der Waals surface area contributed by atoms with Gasteiger partial charge in [-0.05, 0) is 57.6 Å². The maximum absolute atomic E-state index is 12.3. The summed E-state index contributed by atoms with van der Waals surface area (Å²) in [5, 5.41) is 13.8. The normalized spacial score (nSPS) is 12.6. The number of benzene rings is 1. The van der Waals surface area contributed by atoms with Gasteiger partial charge in [0.15, 0.2) is 6.61 Å². The maximum atomic E-state index is 12.3. The minimum Gasteiger partial charge on any atom is -0.449 e. The van der Waals surface area contributed by atoms with E-state index in [-0.39, 0.29) is 18.3 Å². The Balaban J connectivity index is 2.61. The summed E-state index contributed by atoms with van der Waals surface area (Å²) in [5.74, 6) is -0.726. The molecule has 0 aromatic heterocycles. The Hall–Kier alpha value is -2.78. The number of rotatable bonds is 12. The Morgan fingerprint density at radius 1 is 1.12 bits per heavy atom. The minimum absolute atomic E-state index is 0.0780. The Morgan fingerprint density at radius 3 is 2.38 bits per heavy atom. The van der Waals surface area contributed by atoms with Crippen LogP contribution in [0.15, 0.2) is 24.3 Å². The minimum atomic E-state index is -0.995. The summed E-state index contributed by atoms with van der Waals surface area (Å²) in [6.45, 7) is 5.10. The summed E-state index contributed by atoms with van der Waals surface area (Å²) < 4.78 is 15.3. The third-order valence-corrected chi connectivity index (χ3v) is 6.35. The van der Waals surface area contributed by atoms with Crippen LogP contribution in [0, 0.1) is 11.3 Å². The molecule has 0 aliphatic carbocycles. The molecule has 12 heteroatoms. The van der Waals surface area contributed by atoms with Crippen LogP contribution >= 0.6 is 21.6 Å². The lowest BCUT2D eigenvalue weighted by molar-refractivity contribution is -0.145. The van der Waals surface area contributed by atoms with E-state index in [1.165, 1.54) is 21.6 Å². The zero-order chi connectivity index (χ0) is 25.6. The molecule has 34 heavy (non-hydrogen) atoms. The van der Waals surface area contributed by atoms with Gasteiger partial charge in [0.05, 0.1) is 0 Å². The molecule has 1 rings (SSSR count). The van der Waals surface area contributed by atoms with E-state index in [9.17, 15) is 14.4 Å². The monoisotopic (exact) mass is 512 g/mol. The van der Waals surface area contributed by atoms with Gasteiger partial charge in [-0.1, -0.05) is 33.7 Å². The molecule has 188 valence electrons. The fraction of sp³-hybridized carbons (Fsp3) is 0.545. The molecule has 1 aromatic carbocycles. The van der Waals surface area contributed by atoms with Crippen LogP contribution in [-0.4, -0.2) is 54.5 Å². The highest BCUT2D eigenvalue weighted by molar-refractivity contribution is 8.76. The van der Waals surface area contributed by atoms with E-state index < -0.39 is 36.4 Å². The Bertz CT molecular complexity index is 839. The van der Waals surface area contributed by atoms with Crippen molar-refractivity contribution in [2.24, 2.45) is 0 Å². The Kier molecular flexibility index (Phi) is 13.1. The van der Waals surface area contributed by atoms with Crippen LogP contribution in [-0.2, 0) is 25.6 Å². The number of nitrogens with two attached hydrogens (primary N) is 1. The summed E-state index contributed by atoms with van der Waals surface area (Å²) in [5.41, 5.74) is 6.34. The second-order valence-electron chi connectivity index (χ2n) is 8.13. The predicted molar refractivity (Wildman–Crippen MR) is 133 cm³/mol. The van der Waals surface area contributed by atoms with Crippen molar-refractivity contribution in [3.05, 3.63) is 29.8 Å². The van der Waals surface area contributed by atoms with Gasteiger partial charge in [0.1, 0.15) is 24.3 Å². The van der Waals surface area contributed by atoms with Crippen LogP contribution in [0.4, 0.5) is 15.3 Å². The number of esters is 1. The number of nitrogens with zero attached hydrogens (tertiary/aromatic N) is 1. The van der Waals surface area contributed by atoms with E-state index in [0.717, 1.165) is 5.56 Å². The first-order valence-electron chi connectivity index (χ1n) is 10.5. The number of nitrogens with one attached hydrogen (secondary N) is 2. The molecule has 0 bridgehead atoms. The topological polar surface area (TPSA) is 153 Å². The van der Waals surface area contributed by atoms with Crippen molar-refractivity contribution in [2.75, 3.05) is 25.1 Å². The van der Waals surface area contributed by atoms with E-state index >= 15 is 0 Å². The van der Waals surface area contributed by atoms with E-state index in [1.807, 2.05) is 6.26 Å². The molecule has 4 N–H and O–H groups in total. The summed E-state index contributed by atoms with van der Waals surface area (Å²) >= 11 is 0. The molecule has 0 radical (unpaired) electrons. The highest BCUT2D eigenvalue weighted by atomic mass is 33.1. The number of carbonyl (C=O) groups excluding carboxylic acids is 3. The first-order chi connectivity index (χ1) is 16.0. The average Bonchev–Trinajstić information content (AvgIpc) is 2.76. The van der Waals surface area contributed by atoms with Crippen molar-refractivity contribution in [3.8, 4) is 6.07 Å². The van der Waals surface area contributed by atoms with Crippen molar-refractivity contribution >= 4 is 45.4 Å². The number of nitrogen functional groups attached to an aromatic ring is 1. The van der Waals surface area contributed by atoms with Crippen LogP contribution in [0.2, 0.25) is 0 Å². The van der Waals surface area contributed by atoms with Crippen molar-refractivity contribution in [2.45, 2.75) is 57.1 Å². The van der Waals surface area contributed by atoms with Gasteiger partial charge < -0.3 is 30.6 Å². The lowest BCUT2D eigenvalue weighted by Crippen LogP contribution is -2.45. The summed E-state index contributed by atoms with van der Waals surface area (Å²) in [6, 6.07) is 7.74. The molecular weight excluding hydrogens is 480 g/mol. The molecule has 10 nitrogen and oxygen atoms in total. The van der Waals surface area contributed by atoms with E-state index in [0.29, 0.717) is 18.7 Å². The SMILES string of the molecule is CSS[C@@H](CCC(NC(=O)OC(C)(C)C)C(=O)OCC#N)CNC(=O)OCc1ccc(N)cc1. The molecule has 0 fully saturated rings. The van der Waals surface area contributed by atoms with Gasteiger partial charge in [0.25, 0.3) is 0 Å². The Morgan fingerprint density at radius 2 is 1.79 bits per heavy atom. The number of carbonyl (C=O) groups is 3. The maximum Gasteiger partial charge on any atom is 0.408 e. The number of hydrogen-bond donors (Lipinski definition) is 3. The summed E-state index contributed by atoms with van der Waals surface area (Å²) in [7, 11) is 3.03. The van der Waals surface area contributed by atoms with Crippen LogP contribution in [0.3, 0.4) is 0 Å². The highest BCUT2D eigenvalue weighted by Gasteiger charge is 2.27. The molecule has 1 unspecified atom stereocenters. The van der Waals surface area contributed by atoms with Crippen LogP contribution in [0.25, 0.3) is 0 Å². The van der Waals surface area contributed by atoms with Gasteiger partial charge in [-0.3, -0.25) is 0 Å². The number of anilines is 1. The summed E-state index contributed by atoms with van der Waals surface area (Å²) in [4.78, 5) is 36.6. The number of ether oxygens (including phenoxy) is 3. The van der Waals surface area contributed by atoms with Gasteiger partial charge in [-0.2, -0.15) is 5.26 Å². The second kappa shape index (κ2) is 15.2. The van der Waals surface area contributed by atoms with Gasteiger partial charge in [0, 0.05) is 17.5 Å². The van der Waals surface area contributed by atoms with E-state index in [2.05, 4.69) is 10.6 Å². The molecule has 2 atom stereocenters. The first kappa shape index (κ1) is 29.3. The van der Waals surface area contributed by atoms with Gasteiger partial charge in [-0.15, -0.1) is 0 Å². The van der Waals surface area contributed by atoms with Crippen molar-refractivity contribution in [3.63, 3.8) is 0 Å². The third kappa shape index (κ3) is 13.1. The zero-order valence-corrected chi connectivity index (χ0v) is 21.4. The highest BCUT2D eigenvalue weighted by Crippen LogP contribution is 2.27. The molecule has 0 heterocycles. The van der Waals surface area contributed by atoms with Crippen molar-refractivity contribution in [1.29, 1.82) is 5.26 Å². The molecule has 0 saturated heterocycles. The van der Waals surface area contributed by atoms with Crippen LogP contribution in [0.1, 0.15) is 39.2 Å².